The van der Waals surface area contributed by atoms with Gasteiger partial charge in [0.05, 0.1) is 0 Å². The van der Waals surface area contributed by atoms with Gasteiger partial charge in [-0.1, -0.05) is 6.92 Å². The first-order valence-electron chi connectivity index (χ1n) is 6.67. The van der Waals surface area contributed by atoms with E-state index in [2.05, 4.69) is 0 Å². The third-order valence-corrected chi connectivity index (χ3v) is 3.45. The first kappa shape index (κ1) is 14.3. The molecular formula is C16H18O4. The fraction of sp³-hybridized carbons (Fsp3) is 0.375. The Hall–Kier alpha value is -2.10. The summed E-state index contributed by atoms with van der Waals surface area (Å²) in [6, 6.07) is 5.20. The lowest BCUT2D eigenvalue weighted by Crippen LogP contribution is -2.21. The molecule has 1 atom stereocenters. The van der Waals surface area contributed by atoms with Crippen LogP contribution < -0.4 is 10.4 Å². The van der Waals surface area contributed by atoms with Gasteiger partial charge in [-0.3, -0.25) is 4.79 Å². The van der Waals surface area contributed by atoms with E-state index in [9.17, 15) is 9.59 Å². The highest BCUT2D eigenvalue weighted by Gasteiger charge is 2.15. The standard InChI is InChI=1S/C16H18O4/c1-5-12-8-15(18)20-16-9(2)14(7-6-13(12)16)19-11(4)10(3)17/h6-8,11H,5H2,1-4H3. The second-order valence-corrected chi connectivity index (χ2v) is 4.88. The molecule has 4 nitrogen and oxygen atoms in total. The molecule has 0 fully saturated rings. The van der Waals surface area contributed by atoms with Crippen LogP contribution in [0.4, 0.5) is 0 Å². The molecule has 0 saturated carbocycles. The van der Waals surface area contributed by atoms with Gasteiger partial charge < -0.3 is 9.15 Å². The van der Waals surface area contributed by atoms with E-state index in [4.69, 9.17) is 9.15 Å². The van der Waals surface area contributed by atoms with E-state index in [1.807, 2.05) is 26.0 Å². The van der Waals surface area contributed by atoms with Gasteiger partial charge in [0.1, 0.15) is 11.3 Å². The summed E-state index contributed by atoms with van der Waals surface area (Å²) in [6.07, 6.45) is 0.234. The average Bonchev–Trinajstić information content (AvgIpc) is 2.41. The minimum atomic E-state index is -0.521. The minimum absolute atomic E-state index is 0.0479. The number of benzene rings is 1. The quantitative estimate of drug-likeness (QED) is 0.804. The van der Waals surface area contributed by atoms with E-state index in [1.54, 1.807) is 6.92 Å². The van der Waals surface area contributed by atoms with Gasteiger partial charge in [-0.15, -0.1) is 0 Å². The number of carbonyl (C=O) groups is 1. The summed E-state index contributed by atoms with van der Waals surface area (Å²) in [4.78, 5) is 22.9. The summed E-state index contributed by atoms with van der Waals surface area (Å²) in [7, 11) is 0. The van der Waals surface area contributed by atoms with E-state index in [1.165, 1.54) is 13.0 Å². The lowest BCUT2D eigenvalue weighted by Gasteiger charge is -2.15. The topological polar surface area (TPSA) is 56.5 Å². The molecule has 1 aromatic heterocycles. The summed E-state index contributed by atoms with van der Waals surface area (Å²) >= 11 is 0. The van der Waals surface area contributed by atoms with Gasteiger partial charge in [-0.05, 0) is 44.9 Å². The predicted molar refractivity (Wildman–Crippen MR) is 77.4 cm³/mol. The summed E-state index contributed by atoms with van der Waals surface area (Å²) in [5.41, 5.74) is 1.85. The van der Waals surface area contributed by atoms with Crippen molar-refractivity contribution >= 4 is 16.8 Å². The minimum Gasteiger partial charge on any atom is -0.483 e. The fourth-order valence-electron chi connectivity index (χ4n) is 2.10. The highest BCUT2D eigenvalue weighted by molar-refractivity contribution is 5.85. The molecule has 0 aliphatic rings. The number of hydrogen-bond acceptors (Lipinski definition) is 4. The maximum absolute atomic E-state index is 11.6. The number of ether oxygens (including phenoxy) is 1. The van der Waals surface area contributed by atoms with Gasteiger partial charge in [-0.2, -0.15) is 0 Å². The molecule has 0 radical (unpaired) electrons. The molecule has 0 aliphatic carbocycles. The van der Waals surface area contributed by atoms with Gasteiger partial charge in [-0.25, -0.2) is 4.79 Å². The highest BCUT2D eigenvalue weighted by Crippen LogP contribution is 2.29. The van der Waals surface area contributed by atoms with E-state index >= 15 is 0 Å². The summed E-state index contributed by atoms with van der Waals surface area (Å²) in [5.74, 6) is 0.518. The average molecular weight is 274 g/mol. The molecular weight excluding hydrogens is 256 g/mol. The third-order valence-electron chi connectivity index (χ3n) is 3.45. The maximum atomic E-state index is 11.6. The molecule has 0 spiro atoms. The van der Waals surface area contributed by atoms with Crippen LogP contribution in [0.2, 0.25) is 0 Å². The van der Waals surface area contributed by atoms with Crippen molar-refractivity contribution in [3.8, 4) is 5.75 Å². The summed E-state index contributed by atoms with van der Waals surface area (Å²) in [6.45, 7) is 7.00. The molecule has 1 heterocycles. The van der Waals surface area contributed by atoms with E-state index in [0.717, 1.165) is 22.9 Å². The Labute approximate surface area is 117 Å². The van der Waals surface area contributed by atoms with Gasteiger partial charge in [0.25, 0.3) is 0 Å². The molecule has 0 saturated heterocycles. The second kappa shape index (κ2) is 5.49. The Bertz CT molecular complexity index is 712. The van der Waals surface area contributed by atoms with Crippen molar-refractivity contribution in [2.24, 2.45) is 0 Å². The normalized spacial score (nSPS) is 12.4. The number of carbonyl (C=O) groups excluding carboxylic acids is 1. The van der Waals surface area contributed by atoms with Crippen LogP contribution in [0.25, 0.3) is 11.0 Å². The number of ketones is 1. The Kier molecular flexibility index (Phi) is 3.93. The van der Waals surface area contributed by atoms with Gasteiger partial charge in [0.2, 0.25) is 0 Å². The number of aryl methyl sites for hydroxylation is 2. The van der Waals surface area contributed by atoms with Crippen LogP contribution in [0.5, 0.6) is 5.75 Å². The van der Waals surface area contributed by atoms with E-state index in [0.29, 0.717) is 11.3 Å². The van der Waals surface area contributed by atoms with Crippen molar-refractivity contribution in [2.75, 3.05) is 0 Å². The van der Waals surface area contributed by atoms with Gasteiger partial charge in [0, 0.05) is 17.0 Å². The number of rotatable bonds is 4. The Balaban J connectivity index is 2.59. The van der Waals surface area contributed by atoms with Crippen LogP contribution in [0.1, 0.15) is 31.9 Å². The summed E-state index contributed by atoms with van der Waals surface area (Å²) < 4.78 is 10.9. The number of hydrogen-bond donors (Lipinski definition) is 0. The zero-order valence-corrected chi connectivity index (χ0v) is 12.1. The van der Waals surface area contributed by atoms with E-state index < -0.39 is 6.10 Å². The second-order valence-electron chi connectivity index (χ2n) is 4.88. The van der Waals surface area contributed by atoms with E-state index in [-0.39, 0.29) is 11.4 Å². The van der Waals surface area contributed by atoms with Gasteiger partial charge >= 0.3 is 5.63 Å². The zero-order valence-electron chi connectivity index (χ0n) is 12.1. The molecule has 0 bridgehead atoms. The first-order valence-corrected chi connectivity index (χ1v) is 6.67. The van der Waals surface area contributed by atoms with Crippen molar-refractivity contribution in [2.45, 2.75) is 40.2 Å². The van der Waals surface area contributed by atoms with Crippen molar-refractivity contribution < 1.29 is 13.9 Å². The first-order chi connectivity index (χ1) is 9.43. The molecule has 2 aromatic rings. The van der Waals surface area contributed by atoms with Crippen LogP contribution in [0, 0.1) is 6.92 Å². The molecule has 106 valence electrons. The molecule has 2 rings (SSSR count). The molecule has 20 heavy (non-hydrogen) atoms. The van der Waals surface area contributed by atoms with Crippen molar-refractivity contribution in [1.82, 2.24) is 0 Å². The smallest absolute Gasteiger partial charge is 0.336 e. The molecule has 1 unspecified atom stereocenters. The summed E-state index contributed by atoms with van der Waals surface area (Å²) in [5, 5.41) is 0.910. The zero-order chi connectivity index (χ0) is 14.9. The van der Waals surface area contributed by atoms with Crippen LogP contribution >= 0.6 is 0 Å². The Morgan fingerprint density at radius 2 is 2.10 bits per heavy atom. The number of fused-ring (bicyclic) bond motifs is 1. The largest absolute Gasteiger partial charge is 0.483 e. The fourth-order valence-corrected chi connectivity index (χ4v) is 2.10. The van der Waals surface area contributed by atoms with Crippen LogP contribution in [-0.2, 0) is 11.2 Å². The van der Waals surface area contributed by atoms with Crippen molar-refractivity contribution in [1.29, 1.82) is 0 Å². The molecule has 1 aromatic carbocycles. The van der Waals surface area contributed by atoms with Crippen LogP contribution in [-0.4, -0.2) is 11.9 Å². The molecule has 0 N–H and O–H groups in total. The monoisotopic (exact) mass is 274 g/mol. The van der Waals surface area contributed by atoms with Crippen molar-refractivity contribution in [3.05, 3.63) is 39.7 Å². The third kappa shape index (κ3) is 2.59. The van der Waals surface area contributed by atoms with Gasteiger partial charge in [0.15, 0.2) is 11.9 Å². The Morgan fingerprint density at radius 1 is 1.40 bits per heavy atom. The lowest BCUT2D eigenvalue weighted by molar-refractivity contribution is -0.122. The highest BCUT2D eigenvalue weighted by atomic mass is 16.5. The predicted octanol–water partition coefficient (Wildman–Crippen LogP) is 3.02. The maximum Gasteiger partial charge on any atom is 0.336 e. The molecule has 0 amide bonds. The van der Waals surface area contributed by atoms with Crippen LogP contribution in [0.3, 0.4) is 0 Å². The molecule has 0 aliphatic heterocycles. The molecule has 4 heteroatoms. The number of Topliss-reactive ketones (excluding diaryl/α,β-unsaturated/α-hetero) is 1. The van der Waals surface area contributed by atoms with Crippen LogP contribution in [0.15, 0.2) is 27.4 Å². The Morgan fingerprint density at radius 3 is 2.70 bits per heavy atom. The lowest BCUT2D eigenvalue weighted by atomic mass is 10.0. The van der Waals surface area contributed by atoms with Crippen molar-refractivity contribution in [3.63, 3.8) is 0 Å². The SMILES string of the molecule is CCc1cc(=O)oc2c(C)c(OC(C)C(C)=O)ccc12.